The molecular weight excluding hydrogens is 376 g/mol. The molecule has 0 amide bonds. The van der Waals surface area contributed by atoms with Gasteiger partial charge in [-0.25, -0.2) is 9.97 Å². The molecule has 2 saturated carbocycles. The number of hydrogen-bond donors (Lipinski definition) is 0. The van der Waals surface area contributed by atoms with Crippen molar-refractivity contribution in [1.29, 1.82) is 0 Å². The maximum Gasteiger partial charge on any atom is 0.276 e. The van der Waals surface area contributed by atoms with Gasteiger partial charge in [0.1, 0.15) is 17.4 Å². The van der Waals surface area contributed by atoms with Crippen LogP contribution in [0.5, 0.6) is 11.1 Å². The molecule has 0 aliphatic heterocycles. The van der Waals surface area contributed by atoms with Gasteiger partial charge in [0, 0.05) is 19.1 Å². The minimum absolute atomic E-state index is 0.225. The molecular formula is C21H28N2O4S. The van der Waals surface area contributed by atoms with Gasteiger partial charge >= 0.3 is 0 Å². The first-order valence-electron chi connectivity index (χ1n) is 10.1. The predicted molar refractivity (Wildman–Crippen MR) is 108 cm³/mol. The van der Waals surface area contributed by atoms with Crippen molar-refractivity contribution in [3.8, 4) is 11.1 Å². The SMILES string of the molecule is CC(=O)C[C@@H](C)COC1CC(COc2cc(C)c3nc(OC4CC4)sc3n2)C1. The maximum atomic E-state index is 11.1. The van der Waals surface area contributed by atoms with Crippen LogP contribution in [0.1, 0.15) is 51.5 Å². The highest BCUT2D eigenvalue weighted by Gasteiger charge is 2.31. The van der Waals surface area contributed by atoms with Crippen LogP contribution < -0.4 is 9.47 Å². The summed E-state index contributed by atoms with van der Waals surface area (Å²) >= 11 is 1.49. The zero-order chi connectivity index (χ0) is 19.7. The molecule has 2 aliphatic carbocycles. The quantitative estimate of drug-likeness (QED) is 0.587. The average molecular weight is 405 g/mol. The van der Waals surface area contributed by atoms with Crippen molar-refractivity contribution in [1.82, 2.24) is 9.97 Å². The molecule has 0 spiro atoms. The molecule has 0 aromatic carbocycles. The Hall–Kier alpha value is -1.73. The number of nitrogens with zero attached hydrogens (tertiary/aromatic N) is 2. The molecule has 1 atom stereocenters. The number of ketones is 1. The van der Waals surface area contributed by atoms with E-state index in [0.29, 0.717) is 54.8 Å². The van der Waals surface area contributed by atoms with E-state index in [1.807, 2.05) is 13.0 Å². The monoisotopic (exact) mass is 404 g/mol. The van der Waals surface area contributed by atoms with Crippen molar-refractivity contribution in [2.24, 2.45) is 11.8 Å². The van der Waals surface area contributed by atoms with Gasteiger partial charge in [0.15, 0.2) is 4.83 Å². The zero-order valence-corrected chi connectivity index (χ0v) is 17.6. The molecule has 7 heteroatoms. The van der Waals surface area contributed by atoms with E-state index in [9.17, 15) is 4.79 Å². The molecule has 2 aromatic rings. The molecule has 0 saturated heterocycles. The first-order valence-corrected chi connectivity index (χ1v) is 11.0. The number of aryl methyl sites for hydroxylation is 1. The Morgan fingerprint density at radius 3 is 2.79 bits per heavy atom. The normalized spacial score (nSPS) is 22.7. The molecule has 2 fully saturated rings. The van der Waals surface area contributed by atoms with Crippen LogP contribution in [0.25, 0.3) is 10.3 Å². The topological polar surface area (TPSA) is 70.5 Å². The van der Waals surface area contributed by atoms with Crippen LogP contribution in [0.2, 0.25) is 0 Å². The number of pyridine rings is 1. The van der Waals surface area contributed by atoms with E-state index in [1.165, 1.54) is 11.3 Å². The Morgan fingerprint density at radius 1 is 1.29 bits per heavy atom. The summed E-state index contributed by atoms with van der Waals surface area (Å²) in [6.45, 7) is 7.04. The summed E-state index contributed by atoms with van der Waals surface area (Å²) in [5.41, 5.74) is 1.97. The second-order valence-electron chi connectivity index (χ2n) is 8.34. The molecule has 28 heavy (non-hydrogen) atoms. The van der Waals surface area contributed by atoms with E-state index in [1.54, 1.807) is 6.92 Å². The molecule has 0 radical (unpaired) electrons. The Balaban J connectivity index is 1.23. The van der Waals surface area contributed by atoms with E-state index in [0.717, 1.165) is 41.6 Å². The third-order valence-corrected chi connectivity index (χ3v) is 6.06. The van der Waals surface area contributed by atoms with Gasteiger partial charge in [-0.3, -0.25) is 0 Å². The van der Waals surface area contributed by atoms with Crippen LogP contribution in [0.15, 0.2) is 6.07 Å². The standard InChI is InChI=1S/C21H28N2O4S/c1-12(6-14(3)24)10-25-17-8-15(9-17)11-26-18-7-13(2)19-20(22-18)28-21(23-19)27-16-4-5-16/h7,12,15-17H,4-6,8-11H2,1-3H3/t12-,15?,17?/m1/s1. The molecule has 0 N–H and O–H groups in total. The Morgan fingerprint density at radius 2 is 2.07 bits per heavy atom. The number of aromatic nitrogens is 2. The molecule has 2 aromatic heterocycles. The first-order chi connectivity index (χ1) is 13.5. The lowest BCUT2D eigenvalue weighted by atomic mass is 9.83. The van der Waals surface area contributed by atoms with Crippen molar-refractivity contribution in [2.45, 2.75) is 65.1 Å². The molecule has 2 aliphatic rings. The van der Waals surface area contributed by atoms with Gasteiger partial charge in [0.25, 0.3) is 5.19 Å². The number of hydrogen-bond acceptors (Lipinski definition) is 7. The maximum absolute atomic E-state index is 11.1. The van der Waals surface area contributed by atoms with Crippen molar-refractivity contribution in [2.75, 3.05) is 13.2 Å². The van der Waals surface area contributed by atoms with Crippen LogP contribution in [0.4, 0.5) is 0 Å². The van der Waals surface area contributed by atoms with Gasteiger partial charge in [-0.2, -0.15) is 0 Å². The van der Waals surface area contributed by atoms with E-state index < -0.39 is 0 Å². The van der Waals surface area contributed by atoms with Gasteiger partial charge in [0.2, 0.25) is 5.88 Å². The van der Waals surface area contributed by atoms with Gasteiger partial charge < -0.3 is 19.0 Å². The largest absolute Gasteiger partial charge is 0.477 e. The molecule has 0 bridgehead atoms. The smallest absolute Gasteiger partial charge is 0.276 e. The third-order valence-electron chi connectivity index (χ3n) is 5.22. The van der Waals surface area contributed by atoms with Crippen LogP contribution in [0, 0.1) is 18.8 Å². The van der Waals surface area contributed by atoms with Crippen molar-refractivity contribution in [3.63, 3.8) is 0 Å². The molecule has 152 valence electrons. The summed E-state index contributed by atoms with van der Waals surface area (Å²) < 4.78 is 17.6. The number of thiazole rings is 1. The summed E-state index contributed by atoms with van der Waals surface area (Å²) in [5.74, 6) is 1.68. The van der Waals surface area contributed by atoms with E-state index in [2.05, 4.69) is 16.9 Å². The fourth-order valence-corrected chi connectivity index (χ4v) is 4.39. The number of Topliss-reactive ketones (excluding diaryl/α,β-unsaturated/α-hetero) is 1. The predicted octanol–water partition coefficient (Wildman–Crippen LogP) is 4.33. The third kappa shape index (κ3) is 5.00. The van der Waals surface area contributed by atoms with Crippen LogP contribution >= 0.6 is 11.3 Å². The van der Waals surface area contributed by atoms with Crippen LogP contribution in [-0.2, 0) is 9.53 Å². The minimum atomic E-state index is 0.225. The number of carbonyl (C=O) groups excluding carboxylic acids is 1. The first kappa shape index (κ1) is 19.6. The summed E-state index contributed by atoms with van der Waals surface area (Å²) in [5, 5.41) is 0.711. The summed E-state index contributed by atoms with van der Waals surface area (Å²) in [6.07, 6.45) is 5.50. The van der Waals surface area contributed by atoms with Gasteiger partial charge in [-0.05, 0) is 56.9 Å². The Kier molecular flexibility index (Phi) is 5.83. The fraction of sp³-hybridized carbons (Fsp3) is 0.667. The lowest BCUT2D eigenvalue weighted by molar-refractivity contribution is -0.119. The average Bonchev–Trinajstić information content (AvgIpc) is 3.29. The molecule has 6 nitrogen and oxygen atoms in total. The number of rotatable bonds is 10. The highest BCUT2D eigenvalue weighted by Crippen LogP contribution is 2.35. The van der Waals surface area contributed by atoms with Crippen LogP contribution in [-0.4, -0.2) is 41.2 Å². The fourth-order valence-electron chi connectivity index (χ4n) is 3.46. The second-order valence-corrected chi connectivity index (χ2v) is 9.28. The van der Waals surface area contributed by atoms with E-state index in [-0.39, 0.29) is 5.78 Å². The summed E-state index contributed by atoms with van der Waals surface area (Å²) in [7, 11) is 0. The lowest BCUT2D eigenvalue weighted by Crippen LogP contribution is -2.36. The van der Waals surface area contributed by atoms with Crippen molar-refractivity contribution >= 4 is 27.5 Å². The summed E-state index contributed by atoms with van der Waals surface area (Å²) in [4.78, 5) is 21.2. The van der Waals surface area contributed by atoms with E-state index in [4.69, 9.17) is 14.2 Å². The van der Waals surface area contributed by atoms with Gasteiger partial charge in [-0.1, -0.05) is 18.3 Å². The van der Waals surface area contributed by atoms with Crippen LogP contribution in [0.3, 0.4) is 0 Å². The summed E-state index contributed by atoms with van der Waals surface area (Å²) in [6, 6.07) is 1.96. The van der Waals surface area contributed by atoms with Crippen molar-refractivity contribution < 1.29 is 19.0 Å². The number of ether oxygens (including phenoxy) is 3. The molecule has 4 rings (SSSR count). The van der Waals surface area contributed by atoms with Crippen molar-refractivity contribution in [3.05, 3.63) is 11.6 Å². The Bertz CT molecular complexity index is 842. The highest BCUT2D eigenvalue weighted by molar-refractivity contribution is 7.19. The Labute approximate surface area is 169 Å². The number of carbonyl (C=O) groups is 1. The lowest BCUT2D eigenvalue weighted by Gasteiger charge is -2.35. The van der Waals surface area contributed by atoms with Gasteiger partial charge in [0.05, 0.1) is 12.7 Å². The zero-order valence-electron chi connectivity index (χ0n) is 16.8. The highest BCUT2D eigenvalue weighted by atomic mass is 32.1. The molecule has 2 heterocycles. The number of fused-ring (bicyclic) bond motifs is 1. The second kappa shape index (κ2) is 8.33. The minimum Gasteiger partial charge on any atom is -0.477 e. The molecule has 0 unspecified atom stereocenters. The van der Waals surface area contributed by atoms with Gasteiger partial charge in [-0.15, -0.1) is 0 Å². The van der Waals surface area contributed by atoms with E-state index >= 15 is 0 Å².